The lowest BCUT2D eigenvalue weighted by atomic mass is 10.0. The minimum atomic E-state index is 0.000227. The number of nitrogens with two attached hydrogens (primary N) is 1. The fourth-order valence-electron chi connectivity index (χ4n) is 1.94. The van der Waals surface area contributed by atoms with Crippen LogP contribution < -0.4 is 10.5 Å². The van der Waals surface area contributed by atoms with Gasteiger partial charge >= 0.3 is 0 Å². The summed E-state index contributed by atoms with van der Waals surface area (Å²) in [5, 5.41) is 4.12. The summed E-state index contributed by atoms with van der Waals surface area (Å²) in [6.07, 6.45) is 2.43. The van der Waals surface area contributed by atoms with Crippen molar-refractivity contribution in [2.75, 3.05) is 0 Å². The Morgan fingerprint density at radius 3 is 2.84 bits per heavy atom. The first-order chi connectivity index (χ1) is 9.26. The molecule has 5 heteroatoms. The average Bonchev–Trinajstić information content (AvgIpc) is 2.92. The lowest BCUT2D eigenvalue weighted by Gasteiger charge is -2.15. The molecule has 0 aliphatic carbocycles. The Hall–Kier alpha value is -1.88. The Morgan fingerprint density at radius 2 is 2.11 bits per heavy atom. The van der Waals surface area contributed by atoms with Crippen LogP contribution in [0.1, 0.15) is 37.7 Å². The number of aromatic nitrogens is 3. The number of nitrogens with zero attached hydrogens (tertiary/aromatic N) is 3. The Kier molecular flexibility index (Phi) is 4.52. The third-order valence-electron chi connectivity index (χ3n) is 3.11. The van der Waals surface area contributed by atoms with Gasteiger partial charge in [-0.25, -0.2) is 9.67 Å². The Bertz CT molecular complexity index is 524. The van der Waals surface area contributed by atoms with E-state index in [0.717, 1.165) is 30.1 Å². The molecule has 0 unspecified atom stereocenters. The van der Waals surface area contributed by atoms with Gasteiger partial charge in [-0.15, -0.1) is 0 Å². The number of hydrogen-bond donors (Lipinski definition) is 1. The van der Waals surface area contributed by atoms with Gasteiger partial charge in [-0.1, -0.05) is 25.1 Å². The zero-order chi connectivity index (χ0) is 13.7. The minimum Gasteiger partial charge on any atom is -0.485 e. The summed E-state index contributed by atoms with van der Waals surface area (Å²) in [5.41, 5.74) is 7.12. The predicted molar refractivity (Wildman–Crippen MR) is 73.7 cm³/mol. The smallest absolute Gasteiger partial charge is 0.164 e. The zero-order valence-corrected chi connectivity index (χ0v) is 11.4. The first-order valence-electron chi connectivity index (χ1n) is 6.60. The van der Waals surface area contributed by atoms with E-state index in [0.29, 0.717) is 6.61 Å². The third-order valence-corrected chi connectivity index (χ3v) is 3.11. The Morgan fingerprint density at radius 1 is 1.32 bits per heavy atom. The van der Waals surface area contributed by atoms with Crippen molar-refractivity contribution < 1.29 is 4.74 Å². The molecular formula is C14H20N4O. The molecule has 0 aliphatic heterocycles. The second kappa shape index (κ2) is 6.33. The van der Waals surface area contributed by atoms with E-state index in [1.165, 1.54) is 0 Å². The van der Waals surface area contributed by atoms with Crippen molar-refractivity contribution in [3.8, 4) is 5.75 Å². The van der Waals surface area contributed by atoms with Crippen molar-refractivity contribution in [3.05, 3.63) is 42.0 Å². The highest BCUT2D eigenvalue weighted by Crippen LogP contribution is 2.25. The van der Waals surface area contributed by atoms with Crippen LogP contribution in [0.3, 0.4) is 0 Å². The largest absolute Gasteiger partial charge is 0.485 e. The van der Waals surface area contributed by atoms with Crippen LogP contribution in [0.25, 0.3) is 0 Å². The quantitative estimate of drug-likeness (QED) is 0.865. The van der Waals surface area contributed by atoms with Crippen molar-refractivity contribution in [3.63, 3.8) is 0 Å². The summed E-state index contributed by atoms with van der Waals surface area (Å²) in [6.45, 7) is 5.28. The molecule has 19 heavy (non-hydrogen) atoms. The van der Waals surface area contributed by atoms with Gasteiger partial charge in [0.25, 0.3) is 0 Å². The van der Waals surface area contributed by atoms with E-state index in [4.69, 9.17) is 10.5 Å². The summed E-state index contributed by atoms with van der Waals surface area (Å²) >= 11 is 0. The Balaban J connectivity index is 2.11. The zero-order valence-electron chi connectivity index (χ0n) is 11.4. The summed E-state index contributed by atoms with van der Waals surface area (Å²) in [4.78, 5) is 4.19. The first kappa shape index (κ1) is 13.5. The first-order valence-corrected chi connectivity index (χ1v) is 6.60. The second-order valence-corrected chi connectivity index (χ2v) is 4.33. The molecule has 1 aromatic heterocycles. The van der Waals surface area contributed by atoms with Crippen LogP contribution in [-0.4, -0.2) is 14.8 Å². The molecule has 2 aromatic rings. The molecule has 0 fully saturated rings. The number of ether oxygens (including phenoxy) is 1. The van der Waals surface area contributed by atoms with E-state index >= 15 is 0 Å². The second-order valence-electron chi connectivity index (χ2n) is 4.33. The monoisotopic (exact) mass is 260 g/mol. The minimum absolute atomic E-state index is 0.000227. The highest BCUT2D eigenvalue weighted by Gasteiger charge is 2.11. The molecule has 0 bridgehead atoms. The molecule has 2 rings (SSSR count). The van der Waals surface area contributed by atoms with Gasteiger partial charge in [0.05, 0.1) is 0 Å². The Labute approximate surface area is 113 Å². The van der Waals surface area contributed by atoms with Crippen LogP contribution in [-0.2, 0) is 13.2 Å². The number of rotatable bonds is 6. The summed E-state index contributed by atoms with van der Waals surface area (Å²) in [7, 11) is 0. The van der Waals surface area contributed by atoms with Crippen molar-refractivity contribution in [2.24, 2.45) is 5.73 Å². The number of aryl methyl sites for hydroxylation is 1. The van der Waals surface area contributed by atoms with Crippen LogP contribution in [0.5, 0.6) is 5.75 Å². The van der Waals surface area contributed by atoms with Crippen molar-refractivity contribution in [1.82, 2.24) is 14.8 Å². The topological polar surface area (TPSA) is 66.0 Å². The number of benzene rings is 1. The van der Waals surface area contributed by atoms with Crippen LogP contribution in [0.4, 0.5) is 0 Å². The van der Waals surface area contributed by atoms with Crippen LogP contribution >= 0.6 is 0 Å². The number of para-hydroxylation sites is 1. The molecule has 1 heterocycles. The van der Waals surface area contributed by atoms with Crippen molar-refractivity contribution in [2.45, 2.75) is 39.5 Å². The third kappa shape index (κ3) is 3.12. The maximum absolute atomic E-state index is 6.09. The van der Waals surface area contributed by atoms with Gasteiger partial charge in [0, 0.05) is 18.2 Å². The van der Waals surface area contributed by atoms with Gasteiger partial charge in [0.1, 0.15) is 18.7 Å². The van der Waals surface area contributed by atoms with E-state index in [1.807, 2.05) is 35.9 Å². The van der Waals surface area contributed by atoms with Gasteiger partial charge < -0.3 is 10.5 Å². The summed E-state index contributed by atoms with van der Waals surface area (Å²) in [6, 6.07) is 7.88. The van der Waals surface area contributed by atoms with E-state index in [9.17, 15) is 0 Å². The fraction of sp³-hybridized carbons (Fsp3) is 0.429. The van der Waals surface area contributed by atoms with Gasteiger partial charge in [-0.2, -0.15) is 5.10 Å². The molecule has 2 N–H and O–H groups in total. The van der Waals surface area contributed by atoms with E-state index in [-0.39, 0.29) is 6.04 Å². The molecule has 1 aromatic carbocycles. The molecule has 0 saturated heterocycles. The molecular weight excluding hydrogens is 240 g/mol. The SMILES string of the molecule is CC[C@@H](N)c1ccccc1OCc1ncnn1CC. The van der Waals surface area contributed by atoms with Gasteiger partial charge in [-0.3, -0.25) is 0 Å². The standard InChI is InChI=1S/C14H20N4O/c1-3-12(15)11-7-5-6-8-13(11)19-9-14-16-10-17-18(14)4-2/h5-8,10,12H,3-4,9,15H2,1-2H3/t12-/m1/s1. The van der Waals surface area contributed by atoms with E-state index < -0.39 is 0 Å². The van der Waals surface area contributed by atoms with E-state index in [2.05, 4.69) is 17.0 Å². The molecule has 102 valence electrons. The highest BCUT2D eigenvalue weighted by molar-refractivity contribution is 5.35. The molecule has 0 radical (unpaired) electrons. The lowest BCUT2D eigenvalue weighted by molar-refractivity contribution is 0.282. The molecule has 0 saturated carbocycles. The maximum Gasteiger partial charge on any atom is 0.164 e. The predicted octanol–water partition coefficient (Wildman–Crippen LogP) is 2.29. The fourth-order valence-corrected chi connectivity index (χ4v) is 1.94. The molecule has 0 amide bonds. The van der Waals surface area contributed by atoms with Crippen LogP contribution in [0.15, 0.2) is 30.6 Å². The molecule has 5 nitrogen and oxygen atoms in total. The van der Waals surface area contributed by atoms with Crippen molar-refractivity contribution >= 4 is 0 Å². The number of hydrogen-bond acceptors (Lipinski definition) is 4. The van der Waals surface area contributed by atoms with E-state index in [1.54, 1.807) is 6.33 Å². The molecule has 0 spiro atoms. The van der Waals surface area contributed by atoms with Gasteiger partial charge in [-0.05, 0) is 19.4 Å². The normalized spacial score (nSPS) is 12.4. The highest BCUT2D eigenvalue weighted by atomic mass is 16.5. The maximum atomic E-state index is 6.09. The van der Waals surface area contributed by atoms with Gasteiger partial charge in [0.15, 0.2) is 5.82 Å². The average molecular weight is 260 g/mol. The summed E-state index contributed by atoms with van der Waals surface area (Å²) in [5.74, 6) is 1.64. The van der Waals surface area contributed by atoms with Crippen LogP contribution in [0, 0.1) is 0 Å². The van der Waals surface area contributed by atoms with Crippen molar-refractivity contribution in [1.29, 1.82) is 0 Å². The molecule has 0 aliphatic rings. The molecule has 1 atom stereocenters. The summed E-state index contributed by atoms with van der Waals surface area (Å²) < 4.78 is 7.67. The van der Waals surface area contributed by atoms with Gasteiger partial charge in [0.2, 0.25) is 0 Å². The lowest BCUT2D eigenvalue weighted by Crippen LogP contribution is -2.12. The van der Waals surface area contributed by atoms with Crippen LogP contribution in [0.2, 0.25) is 0 Å².